The summed E-state index contributed by atoms with van der Waals surface area (Å²) in [5.74, 6) is -1.79. The number of aromatic nitrogens is 1. The first kappa shape index (κ1) is 25.5. The summed E-state index contributed by atoms with van der Waals surface area (Å²) in [4.78, 5) is 29.9. The van der Waals surface area contributed by atoms with Gasteiger partial charge in [-0.15, -0.1) is 0 Å². The molecule has 0 bridgehead atoms. The third-order valence-corrected chi connectivity index (χ3v) is 6.08. The number of sulfonamides is 1. The molecule has 2 rings (SSSR count). The van der Waals surface area contributed by atoms with Crippen molar-refractivity contribution in [1.82, 2.24) is 10.0 Å². The van der Waals surface area contributed by atoms with E-state index < -0.39 is 39.2 Å². The molecule has 0 spiro atoms. The molecule has 11 nitrogen and oxygen atoms in total. The molecule has 1 amide bonds. The molecule has 0 radical (unpaired) electrons. The van der Waals surface area contributed by atoms with E-state index in [1.54, 1.807) is 6.92 Å². The van der Waals surface area contributed by atoms with E-state index in [1.807, 2.05) is 0 Å². The van der Waals surface area contributed by atoms with E-state index in [0.29, 0.717) is 10.7 Å². The Balaban J connectivity index is 2.31. The molecule has 0 aliphatic carbocycles. The highest BCUT2D eigenvalue weighted by molar-refractivity contribution is 7.91. The van der Waals surface area contributed by atoms with Crippen molar-refractivity contribution in [2.75, 3.05) is 11.3 Å². The zero-order valence-electron chi connectivity index (χ0n) is 16.9. The summed E-state index contributed by atoms with van der Waals surface area (Å²) in [5.41, 5.74) is 12.2. The van der Waals surface area contributed by atoms with Crippen molar-refractivity contribution in [3.8, 4) is 0 Å². The number of nitrogens with two attached hydrogens (primary N) is 2. The second-order valence-corrected chi connectivity index (χ2v) is 9.30. The number of nitrogens with zero attached hydrogens (tertiary/aromatic N) is 1. The number of hydrogen-bond acceptors (Lipinski definition) is 6. The molecule has 14 heteroatoms. The Labute approximate surface area is 194 Å². The van der Waals surface area contributed by atoms with Gasteiger partial charge in [-0.1, -0.05) is 23.2 Å². The number of hydrogen-bond donors (Lipinski definition) is 5. The number of nitrogens with one attached hydrogen (secondary N) is 3. The number of carbonyl (C=O) groups excluding carboxylic acids is 1. The zero-order valence-corrected chi connectivity index (χ0v) is 19.2. The van der Waals surface area contributed by atoms with Crippen LogP contribution in [0.2, 0.25) is 10.0 Å². The summed E-state index contributed by atoms with van der Waals surface area (Å²) in [5, 5.41) is 7.54. The molecular weight excluding hydrogens is 483 g/mol. The minimum atomic E-state index is -4.05. The fourth-order valence-electron chi connectivity index (χ4n) is 2.87. The van der Waals surface area contributed by atoms with E-state index in [4.69, 9.17) is 44.9 Å². The van der Waals surface area contributed by atoms with Crippen LogP contribution in [0.4, 0.5) is 5.69 Å². The van der Waals surface area contributed by atoms with Gasteiger partial charge < -0.3 is 11.5 Å². The molecule has 0 aliphatic heterocycles. The van der Waals surface area contributed by atoms with Crippen molar-refractivity contribution in [2.24, 2.45) is 11.5 Å². The van der Waals surface area contributed by atoms with E-state index in [0.717, 1.165) is 4.57 Å². The summed E-state index contributed by atoms with van der Waals surface area (Å²) in [7, 11) is -4.05. The van der Waals surface area contributed by atoms with Gasteiger partial charge in [-0.25, -0.2) is 13.9 Å². The number of rotatable bonds is 10. The maximum absolute atomic E-state index is 13.0. The normalized spacial score (nSPS) is 12.2. The van der Waals surface area contributed by atoms with Crippen molar-refractivity contribution in [1.29, 1.82) is 5.41 Å². The summed E-state index contributed by atoms with van der Waals surface area (Å²) in [6, 6.07) is 6.02. The summed E-state index contributed by atoms with van der Waals surface area (Å²) >= 11 is 11.9. The van der Waals surface area contributed by atoms with Gasteiger partial charge in [-0.3, -0.25) is 29.1 Å². The van der Waals surface area contributed by atoms with E-state index in [-0.39, 0.29) is 29.3 Å². The second kappa shape index (κ2) is 10.7. The lowest BCUT2D eigenvalue weighted by Gasteiger charge is -2.20. The maximum Gasteiger partial charge on any atom is 0.275 e. The van der Waals surface area contributed by atoms with E-state index in [1.165, 1.54) is 30.3 Å². The molecule has 32 heavy (non-hydrogen) atoms. The number of aryl methyl sites for hydroxylation is 1. The van der Waals surface area contributed by atoms with Gasteiger partial charge in [-0.05, 0) is 42.8 Å². The minimum Gasteiger partial charge on any atom is -0.368 e. The first-order valence-corrected chi connectivity index (χ1v) is 11.5. The topological polar surface area (TPSA) is 182 Å². The molecule has 1 unspecified atom stereocenters. The Morgan fingerprint density at radius 2 is 1.94 bits per heavy atom. The largest absolute Gasteiger partial charge is 0.368 e. The van der Waals surface area contributed by atoms with Gasteiger partial charge in [0, 0.05) is 22.2 Å². The highest BCUT2D eigenvalue weighted by atomic mass is 35.5. The monoisotopic (exact) mass is 504 g/mol. The van der Waals surface area contributed by atoms with Gasteiger partial charge in [0.25, 0.3) is 5.56 Å². The fourth-order valence-corrected chi connectivity index (χ4v) is 4.54. The van der Waals surface area contributed by atoms with Gasteiger partial charge in [0.15, 0.2) is 0 Å². The first-order valence-electron chi connectivity index (χ1n) is 9.09. The zero-order chi connectivity index (χ0) is 24.1. The Bertz CT molecular complexity index is 1180. The lowest BCUT2D eigenvalue weighted by molar-refractivity contribution is -0.122. The second-order valence-electron chi connectivity index (χ2n) is 6.73. The number of amides is 1. The molecule has 2 aromatic rings. The SMILES string of the molecule is Cc1ccc(NS(=O)(=O)Cc2cc(Cl)ccc2Cl)c(=O)n1C(CCONC(=N)N)C(N)=O. The number of guanidine groups is 1. The lowest BCUT2D eigenvalue weighted by Crippen LogP contribution is -2.38. The average molecular weight is 505 g/mol. The smallest absolute Gasteiger partial charge is 0.275 e. The molecule has 1 aromatic heterocycles. The molecular formula is C18H22Cl2N6O5S. The molecule has 7 N–H and O–H groups in total. The van der Waals surface area contributed by atoms with Crippen molar-refractivity contribution >= 4 is 50.8 Å². The van der Waals surface area contributed by atoms with Crippen LogP contribution >= 0.6 is 23.2 Å². The van der Waals surface area contributed by atoms with Gasteiger partial charge in [-0.2, -0.15) is 0 Å². The third kappa shape index (κ3) is 6.85. The van der Waals surface area contributed by atoms with E-state index in [9.17, 15) is 18.0 Å². The van der Waals surface area contributed by atoms with Crippen LogP contribution in [-0.2, 0) is 25.4 Å². The molecule has 0 aliphatic rings. The van der Waals surface area contributed by atoms with Gasteiger partial charge in [0.2, 0.25) is 21.9 Å². The van der Waals surface area contributed by atoms with Crippen LogP contribution in [0.5, 0.6) is 0 Å². The van der Waals surface area contributed by atoms with Crippen LogP contribution in [0.25, 0.3) is 0 Å². The van der Waals surface area contributed by atoms with Crippen molar-refractivity contribution in [2.45, 2.75) is 25.1 Å². The average Bonchev–Trinajstić information content (AvgIpc) is 2.68. The van der Waals surface area contributed by atoms with E-state index in [2.05, 4.69) is 10.2 Å². The Kier molecular flexibility index (Phi) is 8.50. The molecule has 174 valence electrons. The van der Waals surface area contributed by atoms with Gasteiger partial charge >= 0.3 is 0 Å². The highest BCUT2D eigenvalue weighted by Crippen LogP contribution is 2.23. The van der Waals surface area contributed by atoms with Crippen molar-refractivity contribution in [3.63, 3.8) is 0 Å². The number of carbonyl (C=O) groups is 1. The van der Waals surface area contributed by atoms with Crippen molar-refractivity contribution in [3.05, 3.63) is 62.0 Å². The summed E-state index contributed by atoms with van der Waals surface area (Å²) in [6.07, 6.45) is -0.0370. The van der Waals surface area contributed by atoms with E-state index >= 15 is 0 Å². The minimum absolute atomic E-state index is 0.0370. The summed E-state index contributed by atoms with van der Waals surface area (Å²) in [6.45, 7) is 1.46. The number of pyridine rings is 1. The standard InChI is InChI=1S/C18H22Cl2N6O5S/c1-10-2-5-14(25-32(29,30)9-11-8-12(19)3-4-13(11)20)17(28)26(10)15(16(21)27)6-7-31-24-18(22)23/h2-5,8,15,25H,6-7,9H2,1H3,(H2,21,27)(H4,22,23,24). The van der Waals surface area contributed by atoms with Crippen LogP contribution < -0.4 is 27.2 Å². The third-order valence-electron chi connectivity index (χ3n) is 4.25. The maximum atomic E-state index is 13.0. The predicted molar refractivity (Wildman–Crippen MR) is 122 cm³/mol. The molecule has 1 heterocycles. The molecule has 1 atom stereocenters. The number of benzene rings is 1. The van der Waals surface area contributed by atoms with Crippen LogP contribution in [0.1, 0.15) is 23.7 Å². The lowest BCUT2D eigenvalue weighted by atomic mass is 10.1. The van der Waals surface area contributed by atoms with Gasteiger partial charge in [0.05, 0.1) is 12.4 Å². The fraction of sp³-hybridized carbons (Fsp3) is 0.278. The van der Waals surface area contributed by atoms with Crippen LogP contribution in [-0.4, -0.2) is 31.5 Å². The van der Waals surface area contributed by atoms with Crippen LogP contribution in [0.15, 0.2) is 35.1 Å². The first-order chi connectivity index (χ1) is 14.9. The molecule has 0 saturated carbocycles. The van der Waals surface area contributed by atoms with Crippen LogP contribution in [0, 0.1) is 12.3 Å². The Morgan fingerprint density at radius 3 is 2.56 bits per heavy atom. The summed E-state index contributed by atoms with van der Waals surface area (Å²) < 4.78 is 28.6. The Morgan fingerprint density at radius 1 is 1.25 bits per heavy atom. The van der Waals surface area contributed by atoms with Crippen LogP contribution in [0.3, 0.4) is 0 Å². The molecule has 0 saturated heterocycles. The predicted octanol–water partition coefficient (Wildman–Crippen LogP) is 1.24. The van der Waals surface area contributed by atoms with Crippen molar-refractivity contribution < 1.29 is 18.0 Å². The Hall–Kier alpha value is -2.80. The number of anilines is 1. The highest BCUT2D eigenvalue weighted by Gasteiger charge is 2.24. The molecule has 1 aromatic carbocycles. The number of halogens is 2. The quantitative estimate of drug-likeness (QED) is 0.139. The number of hydroxylamine groups is 1. The number of primary amides is 1. The van der Waals surface area contributed by atoms with Gasteiger partial charge in [0.1, 0.15) is 11.7 Å². The molecule has 0 fully saturated rings.